The van der Waals surface area contributed by atoms with Crippen LogP contribution in [0.15, 0.2) is 16.8 Å². The van der Waals surface area contributed by atoms with Gasteiger partial charge in [0.2, 0.25) is 5.89 Å². The summed E-state index contributed by atoms with van der Waals surface area (Å²) in [7, 11) is 0. The minimum absolute atomic E-state index is 0.0394. The van der Waals surface area contributed by atoms with Gasteiger partial charge in [-0.2, -0.15) is 18.2 Å². The van der Waals surface area contributed by atoms with E-state index in [-0.39, 0.29) is 35.0 Å². The molecule has 2 aromatic heterocycles. The van der Waals surface area contributed by atoms with Crippen molar-refractivity contribution in [3.63, 3.8) is 0 Å². The number of pyridine rings is 1. The van der Waals surface area contributed by atoms with Crippen molar-refractivity contribution in [3.8, 4) is 5.75 Å². The van der Waals surface area contributed by atoms with E-state index in [1.54, 1.807) is 6.92 Å². The van der Waals surface area contributed by atoms with Crippen molar-refractivity contribution in [2.24, 2.45) is 5.41 Å². The van der Waals surface area contributed by atoms with E-state index in [2.05, 4.69) is 35.9 Å². The first-order valence-corrected chi connectivity index (χ1v) is 10.3. The van der Waals surface area contributed by atoms with Crippen molar-refractivity contribution >= 4 is 5.78 Å². The summed E-state index contributed by atoms with van der Waals surface area (Å²) < 4.78 is 48.2. The number of carbonyl (C=O) groups is 1. The van der Waals surface area contributed by atoms with Crippen molar-refractivity contribution < 1.29 is 27.2 Å². The number of carbonyl (C=O) groups excluding carboxylic acids is 1. The molecule has 9 heteroatoms. The van der Waals surface area contributed by atoms with E-state index in [9.17, 15) is 18.0 Å². The highest BCUT2D eigenvalue weighted by molar-refractivity contribution is 5.95. The summed E-state index contributed by atoms with van der Waals surface area (Å²) in [6.45, 7) is 8.31. The Kier molecular flexibility index (Phi) is 6.17. The van der Waals surface area contributed by atoms with Gasteiger partial charge in [-0.05, 0) is 30.6 Å². The maximum atomic E-state index is 13.1. The normalized spacial score (nSPS) is 16.8. The number of hydrogen-bond donors (Lipinski definition) is 0. The van der Waals surface area contributed by atoms with Gasteiger partial charge in [-0.25, -0.2) is 0 Å². The molecular weight excluding hydrogens is 411 g/mol. The largest absolute Gasteiger partial charge is 0.484 e. The van der Waals surface area contributed by atoms with Crippen molar-refractivity contribution in [2.75, 3.05) is 6.61 Å². The maximum absolute atomic E-state index is 13.1. The molecule has 0 aromatic carbocycles. The van der Waals surface area contributed by atoms with Crippen LogP contribution in [0.2, 0.25) is 0 Å². The van der Waals surface area contributed by atoms with Crippen LogP contribution >= 0.6 is 0 Å². The lowest BCUT2D eigenvalue weighted by Crippen LogP contribution is -2.32. The number of nitrogens with zero attached hydrogens (tertiary/aromatic N) is 3. The minimum atomic E-state index is -4.46. The van der Waals surface area contributed by atoms with Crippen LogP contribution in [0.1, 0.15) is 87.1 Å². The quantitative estimate of drug-likeness (QED) is 0.501. The van der Waals surface area contributed by atoms with Crippen molar-refractivity contribution in [1.82, 2.24) is 15.1 Å². The molecule has 1 atom stereocenters. The van der Waals surface area contributed by atoms with Gasteiger partial charge in [-0.15, -0.1) is 0 Å². The first-order chi connectivity index (χ1) is 14.3. The molecular formula is C22H28F3N3O3. The lowest BCUT2D eigenvalue weighted by atomic mass is 9.71. The summed E-state index contributed by atoms with van der Waals surface area (Å²) in [6.07, 6.45) is -0.609. The summed E-state index contributed by atoms with van der Waals surface area (Å²) in [6, 6.07) is 1.33. The van der Waals surface area contributed by atoms with E-state index in [0.29, 0.717) is 23.7 Å². The van der Waals surface area contributed by atoms with E-state index >= 15 is 0 Å². The van der Waals surface area contributed by atoms with Crippen molar-refractivity contribution in [1.29, 1.82) is 0 Å². The Morgan fingerprint density at radius 1 is 1.23 bits per heavy atom. The second-order valence-electron chi connectivity index (χ2n) is 9.82. The summed E-state index contributed by atoms with van der Waals surface area (Å²) in [5.41, 5.74) is -0.168. The third kappa shape index (κ3) is 6.27. The van der Waals surface area contributed by atoms with Gasteiger partial charge in [-0.3, -0.25) is 9.78 Å². The predicted molar refractivity (Wildman–Crippen MR) is 107 cm³/mol. The highest BCUT2D eigenvalue weighted by Crippen LogP contribution is 2.45. The average molecular weight is 439 g/mol. The molecule has 0 bridgehead atoms. The van der Waals surface area contributed by atoms with Crippen LogP contribution in [0.4, 0.5) is 13.2 Å². The number of alkyl halides is 3. The molecule has 1 fully saturated rings. The second kappa shape index (κ2) is 8.24. The second-order valence-corrected chi connectivity index (χ2v) is 9.82. The Morgan fingerprint density at radius 3 is 2.42 bits per heavy atom. The van der Waals surface area contributed by atoms with Crippen LogP contribution in [0.3, 0.4) is 0 Å². The molecule has 1 aliphatic carbocycles. The van der Waals surface area contributed by atoms with Crippen LogP contribution in [0.25, 0.3) is 0 Å². The number of halogens is 3. The molecule has 1 aliphatic rings. The molecule has 31 heavy (non-hydrogen) atoms. The van der Waals surface area contributed by atoms with Gasteiger partial charge in [0.25, 0.3) is 0 Å². The predicted octanol–water partition coefficient (Wildman–Crippen LogP) is 5.56. The maximum Gasteiger partial charge on any atom is 0.422 e. The van der Waals surface area contributed by atoms with Crippen LogP contribution < -0.4 is 4.74 Å². The smallest absolute Gasteiger partial charge is 0.422 e. The zero-order chi connectivity index (χ0) is 23.0. The zero-order valence-corrected chi connectivity index (χ0v) is 18.5. The number of aryl methyl sites for hydroxylation is 1. The van der Waals surface area contributed by atoms with Crippen LogP contribution in [0, 0.1) is 12.3 Å². The molecule has 0 spiro atoms. The highest BCUT2D eigenvalue weighted by Gasteiger charge is 2.39. The van der Waals surface area contributed by atoms with E-state index in [1.165, 1.54) is 12.3 Å². The summed E-state index contributed by atoms with van der Waals surface area (Å²) in [5.74, 6) is 0.724. The minimum Gasteiger partial charge on any atom is -0.484 e. The molecule has 0 N–H and O–H groups in total. The number of hydrogen-bond acceptors (Lipinski definition) is 6. The van der Waals surface area contributed by atoms with Gasteiger partial charge in [0.05, 0.1) is 0 Å². The first-order valence-electron chi connectivity index (χ1n) is 10.3. The van der Waals surface area contributed by atoms with E-state index in [1.807, 2.05) is 6.92 Å². The molecule has 0 radical (unpaired) electrons. The molecule has 3 rings (SSSR count). The number of Topliss-reactive ketones (excluding diaryl/α,β-unsaturated/α-hetero) is 1. The Hall–Kier alpha value is -2.45. The van der Waals surface area contributed by atoms with E-state index in [4.69, 9.17) is 9.26 Å². The number of ketones is 1. The van der Waals surface area contributed by atoms with Crippen LogP contribution in [-0.2, 0) is 5.41 Å². The van der Waals surface area contributed by atoms with Gasteiger partial charge in [0.1, 0.15) is 11.4 Å². The number of aromatic nitrogens is 3. The molecule has 170 valence electrons. The molecule has 0 amide bonds. The third-order valence-electron chi connectivity index (χ3n) is 5.13. The molecule has 2 heterocycles. The van der Waals surface area contributed by atoms with Gasteiger partial charge in [0.15, 0.2) is 18.2 Å². The lowest BCUT2D eigenvalue weighted by molar-refractivity contribution is -0.153. The van der Waals surface area contributed by atoms with E-state index in [0.717, 1.165) is 12.8 Å². The summed E-state index contributed by atoms with van der Waals surface area (Å²) in [5, 5.41) is 4.03. The van der Waals surface area contributed by atoms with Crippen molar-refractivity contribution in [3.05, 3.63) is 35.2 Å². The number of rotatable bonds is 8. The standard InChI is InChI=1S/C22H28F3N3O3/c1-13-27-19(28-31-13)21(5,11-20(2,3)4)9-17(29)16-8-18(30-12-22(23,24)25)15(10-26-16)14-6-7-14/h8,10,14H,6-7,9,11-12H2,1-5H3/t21-/m1/s1. The van der Waals surface area contributed by atoms with Crippen LogP contribution in [0.5, 0.6) is 5.75 Å². The van der Waals surface area contributed by atoms with Crippen molar-refractivity contribution in [2.45, 2.75) is 77.8 Å². The molecule has 2 aromatic rings. The summed E-state index contributed by atoms with van der Waals surface area (Å²) in [4.78, 5) is 21.7. The summed E-state index contributed by atoms with van der Waals surface area (Å²) >= 11 is 0. The zero-order valence-electron chi connectivity index (χ0n) is 18.5. The first kappa shape index (κ1) is 23.2. The molecule has 6 nitrogen and oxygen atoms in total. The van der Waals surface area contributed by atoms with Gasteiger partial charge in [-0.1, -0.05) is 32.9 Å². The monoisotopic (exact) mass is 439 g/mol. The Labute approximate surface area is 179 Å². The molecule has 0 aliphatic heterocycles. The third-order valence-corrected chi connectivity index (χ3v) is 5.13. The number of ether oxygens (including phenoxy) is 1. The fraction of sp³-hybridized carbons (Fsp3) is 0.636. The fourth-order valence-electron chi connectivity index (χ4n) is 3.97. The molecule has 1 saturated carbocycles. The molecule has 0 unspecified atom stereocenters. The van der Waals surface area contributed by atoms with Gasteiger partial charge >= 0.3 is 6.18 Å². The van der Waals surface area contributed by atoms with Crippen LogP contribution in [-0.4, -0.2) is 33.7 Å². The Morgan fingerprint density at radius 2 is 1.90 bits per heavy atom. The fourth-order valence-corrected chi connectivity index (χ4v) is 3.97. The van der Waals surface area contributed by atoms with Gasteiger partial charge in [0, 0.05) is 36.6 Å². The molecule has 0 saturated heterocycles. The Balaban J connectivity index is 1.87. The SMILES string of the molecule is Cc1nc([C@](C)(CC(=O)c2cc(OCC(F)(F)F)c(C3CC3)cn2)CC(C)(C)C)no1. The average Bonchev–Trinajstić information content (AvgIpc) is 3.37. The lowest BCUT2D eigenvalue weighted by Gasteiger charge is -2.32. The Bertz CT molecular complexity index is 945. The van der Waals surface area contributed by atoms with Gasteiger partial charge < -0.3 is 9.26 Å². The van der Waals surface area contributed by atoms with E-state index < -0.39 is 18.2 Å². The highest BCUT2D eigenvalue weighted by atomic mass is 19.4. The topological polar surface area (TPSA) is 78.1 Å².